The van der Waals surface area contributed by atoms with E-state index in [4.69, 9.17) is 5.26 Å². The van der Waals surface area contributed by atoms with Gasteiger partial charge in [0, 0.05) is 29.8 Å². The Hall–Kier alpha value is -3.34. The van der Waals surface area contributed by atoms with Gasteiger partial charge < -0.3 is 10.1 Å². The third-order valence-corrected chi connectivity index (χ3v) is 4.80. The molecule has 0 unspecified atom stereocenters. The molecule has 3 aromatic rings. The Kier molecular flexibility index (Phi) is 5.10. The van der Waals surface area contributed by atoms with E-state index < -0.39 is 11.8 Å². The molecule has 0 aromatic carbocycles. The number of carboxylic acid groups (broad SMARTS) is 1. The van der Waals surface area contributed by atoms with Crippen molar-refractivity contribution in [2.45, 2.75) is 33.6 Å². The zero-order valence-electron chi connectivity index (χ0n) is 15.8. The number of H-pyrrole nitrogens is 1. The molecule has 0 amide bonds. The number of pyridine rings is 1. The first-order valence-electron chi connectivity index (χ1n) is 8.80. The van der Waals surface area contributed by atoms with Crippen LogP contribution >= 0.6 is 0 Å². The van der Waals surface area contributed by atoms with E-state index in [0.29, 0.717) is 28.0 Å². The summed E-state index contributed by atoms with van der Waals surface area (Å²) in [6.45, 7) is 5.78. The van der Waals surface area contributed by atoms with Crippen molar-refractivity contribution in [2.75, 3.05) is 0 Å². The molecule has 3 aromatic heterocycles. The van der Waals surface area contributed by atoms with Crippen LogP contribution in [0, 0.1) is 28.5 Å². The lowest BCUT2D eigenvalue weighted by molar-refractivity contribution is -0.139. The number of hydrogen-bond donors (Lipinski definition) is 2. The minimum atomic E-state index is -0.929. The number of aromatic nitrogens is 4. The second-order valence-corrected chi connectivity index (χ2v) is 7.79. The lowest BCUT2D eigenvalue weighted by atomic mass is 9.76. The fraction of sp³-hybridized carbons (Fsp3) is 0.350. The van der Waals surface area contributed by atoms with Crippen molar-refractivity contribution >= 4 is 17.0 Å². The van der Waals surface area contributed by atoms with Gasteiger partial charge in [0.15, 0.2) is 11.6 Å². The summed E-state index contributed by atoms with van der Waals surface area (Å²) in [6.07, 6.45) is 4.32. The van der Waals surface area contributed by atoms with E-state index in [1.807, 2.05) is 26.8 Å². The number of nitrogens with one attached hydrogen (secondary N) is 1. The number of halogens is 1. The molecule has 0 aliphatic heterocycles. The molecule has 3 rings (SSSR count). The summed E-state index contributed by atoms with van der Waals surface area (Å²) in [4.78, 5) is 26.9. The summed E-state index contributed by atoms with van der Waals surface area (Å²) in [6, 6.07) is 3.71. The minimum Gasteiger partial charge on any atom is -0.481 e. The molecule has 3 heterocycles. The van der Waals surface area contributed by atoms with Gasteiger partial charge in [-0.25, -0.2) is 19.3 Å². The van der Waals surface area contributed by atoms with E-state index in [-0.39, 0.29) is 29.9 Å². The van der Waals surface area contributed by atoms with E-state index in [1.54, 1.807) is 12.3 Å². The molecule has 0 aliphatic rings. The van der Waals surface area contributed by atoms with Crippen LogP contribution < -0.4 is 0 Å². The smallest absolute Gasteiger partial charge is 0.303 e. The molecule has 0 bridgehead atoms. The lowest BCUT2D eigenvalue weighted by Crippen LogP contribution is -2.26. The topological polar surface area (TPSA) is 116 Å². The summed E-state index contributed by atoms with van der Waals surface area (Å²) in [5, 5.41) is 19.0. The van der Waals surface area contributed by atoms with Crippen molar-refractivity contribution in [3.63, 3.8) is 0 Å². The number of rotatable bonds is 5. The van der Waals surface area contributed by atoms with Crippen LogP contribution in [-0.2, 0) is 11.2 Å². The number of aromatic amines is 1. The van der Waals surface area contributed by atoms with Crippen molar-refractivity contribution in [1.82, 2.24) is 19.9 Å². The van der Waals surface area contributed by atoms with E-state index >= 15 is 0 Å². The quantitative estimate of drug-likeness (QED) is 0.696. The Labute approximate surface area is 161 Å². The van der Waals surface area contributed by atoms with Crippen molar-refractivity contribution in [3.05, 3.63) is 41.7 Å². The van der Waals surface area contributed by atoms with Gasteiger partial charge in [-0.1, -0.05) is 20.8 Å². The summed E-state index contributed by atoms with van der Waals surface area (Å²) in [5.41, 5.74) is 1.41. The monoisotopic (exact) mass is 381 g/mol. The number of fused-ring (bicyclic) bond motifs is 1. The highest BCUT2D eigenvalue weighted by molar-refractivity contribution is 5.92. The summed E-state index contributed by atoms with van der Waals surface area (Å²) >= 11 is 0. The molecule has 0 saturated carbocycles. The van der Waals surface area contributed by atoms with Gasteiger partial charge in [0.05, 0.1) is 17.5 Å². The zero-order chi connectivity index (χ0) is 20.5. The zero-order valence-corrected chi connectivity index (χ0v) is 15.8. The van der Waals surface area contributed by atoms with Gasteiger partial charge in [-0.3, -0.25) is 4.79 Å². The number of nitriles is 1. The van der Waals surface area contributed by atoms with Gasteiger partial charge in [-0.05, 0) is 23.8 Å². The molecule has 2 N–H and O–H groups in total. The Bertz CT molecular complexity index is 1080. The molecule has 0 saturated heterocycles. The van der Waals surface area contributed by atoms with Gasteiger partial charge in [0.2, 0.25) is 0 Å². The van der Waals surface area contributed by atoms with Crippen LogP contribution in [0.25, 0.3) is 22.4 Å². The molecule has 144 valence electrons. The maximum Gasteiger partial charge on any atom is 0.303 e. The van der Waals surface area contributed by atoms with Crippen molar-refractivity contribution in [2.24, 2.45) is 11.3 Å². The third-order valence-electron chi connectivity index (χ3n) is 4.80. The molecule has 7 nitrogen and oxygen atoms in total. The highest BCUT2D eigenvalue weighted by Crippen LogP contribution is 2.33. The van der Waals surface area contributed by atoms with Crippen LogP contribution in [0.5, 0.6) is 0 Å². The number of aliphatic carboxylic acids is 1. The summed E-state index contributed by atoms with van der Waals surface area (Å²) in [7, 11) is 0. The normalized spacial score (nSPS) is 12.7. The Morgan fingerprint density at radius 1 is 1.36 bits per heavy atom. The Morgan fingerprint density at radius 2 is 2.11 bits per heavy atom. The van der Waals surface area contributed by atoms with Crippen LogP contribution in [0.3, 0.4) is 0 Å². The minimum absolute atomic E-state index is 0.0786. The number of nitrogens with zero attached hydrogens (tertiary/aromatic N) is 4. The fourth-order valence-corrected chi connectivity index (χ4v) is 3.05. The highest BCUT2D eigenvalue weighted by atomic mass is 19.1. The summed E-state index contributed by atoms with van der Waals surface area (Å²) < 4.78 is 14.4. The van der Waals surface area contributed by atoms with E-state index in [2.05, 4.69) is 19.9 Å². The Morgan fingerprint density at radius 3 is 2.75 bits per heavy atom. The number of carbonyl (C=O) groups is 1. The average molecular weight is 381 g/mol. The van der Waals surface area contributed by atoms with Crippen LogP contribution in [0.1, 0.15) is 38.4 Å². The fourth-order valence-electron chi connectivity index (χ4n) is 3.05. The van der Waals surface area contributed by atoms with E-state index in [9.17, 15) is 14.3 Å². The maximum absolute atomic E-state index is 14.4. The van der Waals surface area contributed by atoms with Crippen LogP contribution in [0.4, 0.5) is 4.39 Å². The largest absolute Gasteiger partial charge is 0.481 e. The van der Waals surface area contributed by atoms with Crippen LogP contribution in [0.2, 0.25) is 0 Å². The molecular weight excluding hydrogens is 361 g/mol. The maximum atomic E-state index is 14.4. The SMILES string of the molecule is CC(C)(C)[C@@H](CC(=O)O)Cc1nc(-c2c[nH]c3ncc(C#N)cc23)ncc1F. The standard InChI is InChI=1S/C20H20FN5O2/c1-20(2,3)12(6-17(27)28)5-16-15(21)10-25-19(26-16)14-9-24-18-13(14)4-11(7-22)8-23-18/h4,8-10,12H,5-6H2,1-3H3,(H,23,24)(H,27,28)/t12-/m1/s1. The third kappa shape index (κ3) is 3.98. The Balaban J connectivity index is 2.02. The van der Waals surface area contributed by atoms with Crippen LogP contribution in [0.15, 0.2) is 24.7 Å². The molecule has 8 heteroatoms. The first-order chi connectivity index (χ1) is 13.2. The van der Waals surface area contributed by atoms with Gasteiger partial charge >= 0.3 is 5.97 Å². The van der Waals surface area contributed by atoms with Gasteiger partial charge in [0.1, 0.15) is 11.7 Å². The molecule has 0 fully saturated rings. The van der Waals surface area contributed by atoms with Gasteiger partial charge in [-0.2, -0.15) is 5.26 Å². The average Bonchev–Trinajstić information content (AvgIpc) is 3.04. The number of carboxylic acids is 1. The van der Waals surface area contributed by atoms with Gasteiger partial charge in [0.25, 0.3) is 0 Å². The lowest BCUT2D eigenvalue weighted by Gasteiger charge is -2.29. The van der Waals surface area contributed by atoms with Crippen molar-refractivity contribution < 1.29 is 14.3 Å². The molecule has 0 spiro atoms. The second-order valence-electron chi connectivity index (χ2n) is 7.79. The van der Waals surface area contributed by atoms with E-state index in [1.165, 1.54) is 6.20 Å². The predicted octanol–water partition coefficient (Wildman–Crippen LogP) is 3.71. The van der Waals surface area contributed by atoms with E-state index in [0.717, 1.165) is 6.20 Å². The van der Waals surface area contributed by atoms with Crippen molar-refractivity contribution in [3.8, 4) is 17.5 Å². The van der Waals surface area contributed by atoms with Crippen molar-refractivity contribution in [1.29, 1.82) is 5.26 Å². The highest BCUT2D eigenvalue weighted by Gasteiger charge is 2.29. The molecule has 0 radical (unpaired) electrons. The first-order valence-corrected chi connectivity index (χ1v) is 8.80. The second kappa shape index (κ2) is 7.35. The van der Waals surface area contributed by atoms with Crippen LogP contribution in [-0.4, -0.2) is 31.0 Å². The molecular formula is C20H20FN5O2. The molecule has 1 atom stereocenters. The summed E-state index contributed by atoms with van der Waals surface area (Å²) in [5.74, 6) is -1.50. The molecule has 28 heavy (non-hydrogen) atoms. The van der Waals surface area contributed by atoms with Gasteiger partial charge in [-0.15, -0.1) is 0 Å². The molecule has 0 aliphatic carbocycles. The number of hydrogen-bond acceptors (Lipinski definition) is 5. The predicted molar refractivity (Wildman–Crippen MR) is 101 cm³/mol. The first kappa shape index (κ1) is 19.4.